The second-order valence-corrected chi connectivity index (χ2v) is 5.63. The summed E-state index contributed by atoms with van der Waals surface area (Å²) in [5, 5.41) is 5.78. The number of nitrogens with zero attached hydrogens (tertiary/aromatic N) is 1. The van der Waals surface area contributed by atoms with Gasteiger partial charge in [0.25, 0.3) is 5.91 Å². The van der Waals surface area contributed by atoms with Crippen molar-refractivity contribution >= 4 is 17.3 Å². The largest absolute Gasteiger partial charge is 0.382 e. The number of rotatable bonds is 4. The Kier molecular flexibility index (Phi) is 4.50. The Morgan fingerprint density at radius 2 is 1.91 bits per heavy atom. The van der Waals surface area contributed by atoms with Crippen molar-refractivity contribution in [2.45, 2.75) is 31.7 Å². The van der Waals surface area contributed by atoms with Gasteiger partial charge in [-0.25, -0.2) is 8.78 Å². The van der Waals surface area contributed by atoms with Crippen LogP contribution in [0, 0.1) is 11.6 Å². The normalized spacial score (nSPS) is 14.7. The van der Waals surface area contributed by atoms with Crippen LogP contribution in [0.2, 0.25) is 0 Å². The third-order valence-corrected chi connectivity index (χ3v) is 3.90. The first-order chi connectivity index (χ1) is 11.1. The molecule has 0 unspecified atom stereocenters. The van der Waals surface area contributed by atoms with Gasteiger partial charge in [-0.2, -0.15) is 0 Å². The molecule has 4 nitrogen and oxygen atoms in total. The molecule has 0 atom stereocenters. The first-order valence-electron chi connectivity index (χ1n) is 7.61. The first-order valence-corrected chi connectivity index (χ1v) is 7.61. The van der Waals surface area contributed by atoms with Gasteiger partial charge in [0.15, 0.2) is 0 Å². The standard InChI is InChI=1S/C17H17F2N3O/c18-11-5-6-15(14(19)9-11)22-17(23)16-10-13(7-8-20-16)21-12-3-1-2-4-12/h5-10,12H,1-4H2,(H,20,21)(H,22,23). The van der Waals surface area contributed by atoms with Crippen LogP contribution in [0.4, 0.5) is 20.2 Å². The van der Waals surface area contributed by atoms with Crippen LogP contribution in [0.5, 0.6) is 0 Å². The van der Waals surface area contributed by atoms with Crippen LogP contribution in [0.25, 0.3) is 0 Å². The van der Waals surface area contributed by atoms with E-state index in [-0.39, 0.29) is 11.4 Å². The number of pyridine rings is 1. The summed E-state index contributed by atoms with van der Waals surface area (Å²) in [6.45, 7) is 0. The fourth-order valence-corrected chi connectivity index (χ4v) is 2.73. The first kappa shape index (κ1) is 15.4. The highest BCUT2D eigenvalue weighted by atomic mass is 19.1. The number of anilines is 2. The number of amides is 1. The minimum absolute atomic E-state index is 0.0765. The lowest BCUT2D eigenvalue weighted by atomic mass is 10.2. The van der Waals surface area contributed by atoms with Crippen molar-refractivity contribution in [2.24, 2.45) is 0 Å². The van der Waals surface area contributed by atoms with E-state index < -0.39 is 17.5 Å². The molecule has 2 N–H and O–H groups in total. The van der Waals surface area contributed by atoms with Gasteiger partial charge >= 0.3 is 0 Å². The molecule has 1 amide bonds. The molecule has 1 aromatic carbocycles. The zero-order valence-corrected chi connectivity index (χ0v) is 12.5. The van der Waals surface area contributed by atoms with E-state index in [2.05, 4.69) is 15.6 Å². The third-order valence-electron chi connectivity index (χ3n) is 3.90. The second kappa shape index (κ2) is 6.73. The molecule has 1 heterocycles. The van der Waals surface area contributed by atoms with Gasteiger partial charge in [-0.1, -0.05) is 12.8 Å². The Morgan fingerprint density at radius 1 is 1.13 bits per heavy atom. The number of halogens is 2. The van der Waals surface area contributed by atoms with Gasteiger partial charge in [-0.3, -0.25) is 9.78 Å². The van der Waals surface area contributed by atoms with E-state index >= 15 is 0 Å². The molecule has 6 heteroatoms. The van der Waals surface area contributed by atoms with Gasteiger partial charge in [0, 0.05) is 24.0 Å². The quantitative estimate of drug-likeness (QED) is 0.897. The van der Waals surface area contributed by atoms with Gasteiger partial charge < -0.3 is 10.6 Å². The van der Waals surface area contributed by atoms with E-state index in [1.54, 1.807) is 12.1 Å². The third kappa shape index (κ3) is 3.83. The zero-order chi connectivity index (χ0) is 16.2. The van der Waals surface area contributed by atoms with Crippen LogP contribution in [-0.2, 0) is 0 Å². The van der Waals surface area contributed by atoms with Crippen molar-refractivity contribution in [3.05, 3.63) is 53.9 Å². The zero-order valence-electron chi connectivity index (χ0n) is 12.5. The monoisotopic (exact) mass is 317 g/mol. The maximum absolute atomic E-state index is 13.6. The topological polar surface area (TPSA) is 54.0 Å². The Balaban J connectivity index is 1.71. The predicted octanol–water partition coefficient (Wildman–Crippen LogP) is 3.97. The average Bonchev–Trinajstić information content (AvgIpc) is 3.03. The molecule has 1 aliphatic carbocycles. The van der Waals surface area contributed by atoms with E-state index in [1.807, 2.05) is 0 Å². The maximum atomic E-state index is 13.6. The molecule has 1 aliphatic rings. The van der Waals surface area contributed by atoms with Crippen LogP contribution in [0.3, 0.4) is 0 Å². The molecule has 0 radical (unpaired) electrons. The van der Waals surface area contributed by atoms with E-state index in [0.717, 1.165) is 30.7 Å². The van der Waals surface area contributed by atoms with E-state index in [9.17, 15) is 13.6 Å². The van der Waals surface area contributed by atoms with Crippen LogP contribution in [-0.4, -0.2) is 16.9 Å². The minimum Gasteiger partial charge on any atom is -0.382 e. The Bertz CT molecular complexity index is 715. The fraction of sp³-hybridized carbons (Fsp3) is 0.294. The molecule has 23 heavy (non-hydrogen) atoms. The van der Waals surface area contributed by atoms with Crippen LogP contribution in [0.15, 0.2) is 36.5 Å². The minimum atomic E-state index is -0.821. The van der Waals surface area contributed by atoms with Crippen molar-refractivity contribution in [3.63, 3.8) is 0 Å². The van der Waals surface area contributed by atoms with Crippen molar-refractivity contribution in [1.82, 2.24) is 4.98 Å². The van der Waals surface area contributed by atoms with Gasteiger partial charge in [0.05, 0.1) is 5.69 Å². The van der Waals surface area contributed by atoms with E-state index in [0.29, 0.717) is 6.04 Å². The number of hydrogen-bond donors (Lipinski definition) is 2. The number of carbonyl (C=O) groups excluding carboxylic acids is 1. The Labute approximate surface area is 132 Å². The summed E-state index contributed by atoms with van der Waals surface area (Å²) in [6.07, 6.45) is 6.18. The number of benzene rings is 1. The van der Waals surface area contributed by atoms with Crippen molar-refractivity contribution < 1.29 is 13.6 Å². The average molecular weight is 317 g/mol. The van der Waals surface area contributed by atoms with E-state index in [1.165, 1.54) is 25.1 Å². The number of hydrogen-bond acceptors (Lipinski definition) is 3. The molecule has 0 spiro atoms. The van der Waals surface area contributed by atoms with Crippen LogP contribution >= 0.6 is 0 Å². The highest BCUT2D eigenvalue weighted by Gasteiger charge is 2.16. The molecule has 0 saturated heterocycles. The van der Waals surface area contributed by atoms with Crippen LogP contribution in [0.1, 0.15) is 36.2 Å². The smallest absolute Gasteiger partial charge is 0.274 e. The summed E-state index contributed by atoms with van der Waals surface area (Å²) in [5.41, 5.74) is 0.917. The lowest BCUT2D eigenvalue weighted by Crippen LogP contribution is -2.17. The van der Waals surface area contributed by atoms with Gasteiger partial charge in [-0.15, -0.1) is 0 Å². The lowest BCUT2D eigenvalue weighted by Gasteiger charge is -2.14. The highest BCUT2D eigenvalue weighted by Crippen LogP contribution is 2.22. The van der Waals surface area contributed by atoms with Crippen molar-refractivity contribution in [2.75, 3.05) is 10.6 Å². The Morgan fingerprint density at radius 3 is 2.65 bits per heavy atom. The van der Waals surface area contributed by atoms with Crippen molar-refractivity contribution in [3.8, 4) is 0 Å². The molecular weight excluding hydrogens is 300 g/mol. The molecule has 3 rings (SSSR count). The molecule has 0 bridgehead atoms. The van der Waals surface area contributed by atoms with Gasteiger partial charge in [0.2, 0.25) is 0 Å². The number of carbonyl (C=O) groups is 1. The maximum Gasteiger partial charge on any atom is 0.274 e. The predicted molar refractivity (Wildman–Crippen MR) is 84.4 cm³/mol. The summed E-state index contributed by atoms with van der Waals surface area (Å²) in [5.74, 6) is -2.05. The molecule has 1 aromatic heterocycles. The van der Waals surface area contributed by atoms with Gasteiger partial charge in [0.1, 0.15) is 17.3 Å². The molecule has 1 fully saturated rings. The van der Waals surface area contributed by atoms with E-state index in [4.69, 9.17) is 0 Å². The molecule has 2 aromatic rings. The van der Waals surface area contributed by atoms with Crippen molar-refractivity contribution in [1.29, 1.82) is 0 Å². The number of aromatic nitrogens is 1. The molecule has 1 saturated carbocycles. The lowest BCUT2D eigenvalue weighted by molar-refractivity contribution is 0.102. The fourth-order valence-electron chi connectivity index (χ4n) is 2.73. The molecule has 0 aliphatic heterocycles. The van der Waals surface area contributed by atoms with Gasteiger partial charge in [-0.05, 0) is 37.1 Å². The number of nitrogens with one attached hydrogen (secondary N) is 2. The molecular formula is C17H17F2N3O. The molecule has 120 valence electrons. The summed E-state index contributed by atoms with van der Waals surface area (Å²) in [7, 11) is 0. The second-order valence-electron chi connectivity index (χ2n) is 5.63. The summed E-state index contributed by atoms with van der Waals surface area (Å²) in [4.78, 5) is 16.2. The summed E-state index contributed by atoms with van der Waals surface area (Å²) in [6, 6.07) is 6.85. The SMILES string of the molecule is O=C(Nc1ccc(F)cc1F)c1cc(NC2CCCC2)ccn1. The van der Waals surface area contributed by atoms with Crippen LogP contribution < -0.4 is 10.6 Å². The summed E-state index contributed by atoms with van der Waals surface area (Å²) < 4.78 is 26.5. The Hall–Kier alpha value is -2.50. The highest BCUT2D eigenvalue weighted by molar-refractivity contribution is 6.03. The summed E-state index contributed by atoms with van der Waals surface area (Å²) >= 11 is 0.